The number of amides is 2. The maximum absolute atomic E-state index is 12.4. The van der Waals surface area contributed by atoms with E-state index in [1.807, 2.05) is 17.0 Å². The summed E-state index contributed by atoms with van der Waals surface area (Å²) >= 11 is 0. The minimum Gasteiger partial charge on any atom is -0.451 e. The van der Waals surface area contributed by atoms with Crippen molar-refractivity contribution in [3.8, 4) is 0 Å². The van der Waals surface area contributed by atoms with E-state index >= 15 is 0 Å². The van der Waals surface area contributed by atoms with Crippen molar-refractivity contribution in [1.29, 1.82) is 0 Å². The van der Waals surface area contributed by atoms with Crippen molar-refractivity contribution in [2.45, 2.75) is 19.4 Å². The molecule has 2 amide bonds. The van der Waals surface area contributed by atoms with Gasteiger partial charge in [0.25, 0.3) is 11.8 Å². The van der Waals surface area contributed by atoms with Gasteiger partial charge in [-0.25, -0.2) is 0 Å². The van der Waals surface area contributed by atoms with E-state index in [0.717, 1.165) is 31.5 Å². The fourth-order valence-electron chi connectivity index (χ4n) is 3.35. The second-order valence-electron chi connectivity index (χ2n) is 6.85. The van der Waals surface area contributed by atoms with Gasteiger partial charge in [-0.15, -0.1) is 0 Å². The van der Waals surface area contributed by atoms with Gasteiger partial charge in [-0.2, -0.15) is 0 Å². The van der Waals surface area contributed by atoms with Crippen molar-refractivity contribution in [3.05, 3.63) is 81.7 Å². The van der Waals surface area contributed by atoms with Crippen LogP contribution < -0.4 is 10.7 Å². The SMILES string of the molecule is O=C(NCc1ccc(C(=O)N2CCCC2)cc1)c1cc(=O)c2ccccc2o1. The number of hydrogen-bond donors (Lipinski definition) is 1. The summed E-state index contributed by atoms with van der Waals surface area (Å²) in [7, 11) is 0. The van der Waals surface area contributed by atoms with Gasteiger partial charge < -0.3 is 14.6 Å². The fourth-order valence-corrected chi connectivity index (χ4v) is 3.35. The Hall–Kier alpha value is -3.41. The lowest BCUT2D eigenvalue weighted by atomic mass is 10.1. The Labute approximate surface area is 161 Å². The van der Waals surface area contributed by atoms with Gasteiger partial charge in [0, 0.05) is 31.3 Å². The topological polar surface area (TPSA) is 79.6 Å². The molecule has 28 heavy (non-hydrogen) atoms. The second kappa shape index (κ2) is 7.68. The standard InChI is InChI=1S/C22H20N2O4/c25-18-13-20(28-19-6-2-1-5-17(18)19)21(26)23-14-15-7-9-16(10-8-15)22(27)24-11-3-4-12-24/h1-2,5-10,13H,3-4,11-12,14H2,(H,23,26). The largest absolute Gasteiger partial charge is 0.451 e. The molecule has 0 spiro atoms. The van der Waals surface area contributed by atoms with Gasteiger partial charge in [-0.05, 0) is 42.7 Å². The number of nitrogens with one attached hydrogen (secondary N) is 1. The van der Waals surface area contributed by atoms with Gasteiger partial charge in [-0.1, -0.05) is 24.3 Å². The van der Waals surface area contributed by atoms with Crippen LogP contribution in [0.3, 0.4) is 0 Å². The van der Waals surface area contributed by atoms with E-state index in [-0.39, 0.29) is 23.6 Å². The van der Waals surface area contributed by atoms with Crippen LogP contribution in [0.5, 0.6) is 0 Å². The van der Waals surface area contributed by atoms with Crippen LogP contribution in [0.15, 0.2) is 63.8 Å². The average molecular weight is 376 g/mol. The predicted octanol–water partition coefficient (Wildman–Crippen LogP) is 2.96. The molecule has 142 valence electrons. The van der Waals surface area contributed by atoms with Gasteiger partial charge in [0.05, 0.1) is 5.39 Å². The van der Waals surface area contributed by atoms with Crippen LogP contribution in [0.1, 0.15) is 39.3 Å². The molecule has 2 aromatic carbocycles. The molecule has 1 aliphatic heterocycles. The van der Waals surface area contributed by atoms with Crippen LogP contribution in [0, 0.1) is 0 Å². The van der Waals surface area contributed by atoms with Crippen LogP contribution >= 0.6 is 0 Å². The Balaban J connectivity index is 1.42. The van der Waals surface area contributed by atoms with Gasteiger partial charge in [0.2, 0.25) is 0 Å². The highest BCUT2D eigenvalue weighted by Gasteiger charge is 2.19. The molecular weight excluding hydrogens is 356 g/mol. The predicted molar refractivity (Wildman–Crippen MR) is 105 cm³/mol. The third-order valence-electron chi connectivity index (χ3n) is 4.91. The third-order valence-corrected chi connectivity index (χ3v) is 4.91. The molecule has 0 radical (unpaired) electrons. The van der Waals surface area contributed by atoms with Crippen molar-refractivity contribution in [1.82, 2.24) is 10.2 Å². The van der Waals surface area contributed by atoms with Gasteiger partial charge in [0.1, 0.15) is 5.58 Å². The number of carbonyl (C=O) groups is 2. The Morgan fingerprint density at radius 1 is 1.00 bits per heavy atom. The number of hydrogen-bond acceptors (Lipinski definition) is 4. The van der Waals surface area contributed by atoms with E-state index in [1.54, 1.807) is 36.4 Å². The zero-order valence-electron chi connectivity index (χ0n) is 15.3. The van der Waals surface area contributed by atoms with Crippen molar-refractivity contribution < 1.29 is 14.0 Å². The molecule has 1 fully saturated rings. The first-order chi connectivity index (χ1) is 13.6. The average Bonchev–Trinajstić information content (AvgIpc) is 3.27. The number of rotatable bonds is 4. The molecule has 0 aliphatic carbocycles. The molecule has 0 atom stereocenters. The summed E-state index contributed by atoms with van der Waals surface area (Å²) in [5.74, 6) is -0.435. The lowest BCUT2D eigenvalue weighted by molar-refractivity contribution is 0.0792. The summed E-state index contributed by atoms with van der Waals surface area (Å²) in [5, 5.41) is 3.19. The Bertz CT molecular complexity index is 1080. The minimum absolute atomic E-state index is 0.0236. The van der Waals surface area contributed by atoms with Crippen LogP contribution in [0.2, 0.25) is 0 Å². The number of nitrogens with zero attached hydrogens (tertiary/aromatic N) is 1. The van der Waals surface area contributed by atoms with Crippen LogP contribution in [-0.4, -0.2) is 29.8 Å². The summed E-state index contributed by atoms with van der Waals surface area (Å²) in [4.78, 5) is 38.7. The molecule has 0 unspecified atom stereocenters. The fraction of sp³-hybridized carbons (Fsp3) is 0.227. The number of fused-ring (bicyclic) bond motifs is 1. The molecule has 3 aromatic rings. The summed E-state index contributed by atoms with van der Waals surface area (Å²) in [6, 6.07) is 15.2. The van der Waals surface area contributed by atoms with Crippen molar-refractivity contribution >= 4 is 22.8 Å². The first-order valence-electron chi connectivity index (χ1n) is 9.31. The second-order valence-corrected chi connectivity index (χ2v) is 6.85. The summed E-state index contributed by atoms with van der Waals surface area (Å²) in [6.07, 6.45) is 2.11. The van der Waals surface area contributed by atoms with Gasteiger partial charge in [-0.3, -0.25) is 14.4 Å². The first kappa shape index (κ1) is 18.0. The molecule has 6 heteroatoms. The third kappa shape index (κ3) is 3.67. The lowest BCUT2D eigenvalue weighted by Gasteiger charge is -2.15. The van der Waals surface area contributed by atoms with Crippen LogP contribution in [0.25, 0.3) is 11.0 Å². The monoisotopic (exact) mass is 376 g/mol. The van der Waals surface area contributed by atoms with Gasteiger partial charge in [0.15, 0.2) is 11.2 Å². The molecule has 6 nitrogen and oxygen atoms in total. The van der Waals surface area contributed by atoms with E-state index in [2.05, 4.69) is 5.32 Å². The van der Waals surface area contributed by atoms with E-state index in [4.69, 9.17) is 4.42 Å². The molecule has 0 saturated carbocycles. The summed E-state index contributed by atoms with van der Waals surface area (Å²) < 4.78 is 5.54. The molecule has 1 N–H and O–H groups in total. The number of benzene rings is 2. The molecule has 1 saturated heterocycles. The molecule has 4 rings (SSSR count). The Morgan fingerprint density at radius 2 is 1.71 bits per heavy atom. The Kier molecular flexibility index (Phi) is 4.93. The number of para-hydroxylation sites is 1. The van der Waals surface area contributed by atoms with E-state index in [0.29, 0.717) is 16.5 Å². The number of carbonyl (C=O) groups excluding carboxylic acids is 2. The first-order valence-corrected chi connectivity index (χ1v) is 9.31. The quantitative estimate of drug-likeness (QED) is 0.759. The zero-order valence-corrected chi connectivity index (χ0v) is 15.3. The molecule has 1 aliphatic rings. The highest BCUT2D eigenvalue weighted by atomic mass is 16.3. The number of likely N-dealkylation sites (tertiary alicyclic amines) is 1. The molecule has 0 bridgehead atoms. The molecule has 1 aromatic heterocycles. The summed E-state index contributed by atoms with van der Waals surface area (Å²) in [6.45, 7) is 1.90. The van der Waals surface area contributed by atoms with Crippen molar-refractivity contribution in [3.63, 3.8) is 0 Å². The van der Waals surface area contributed by atoms with E-state index in [9.17, 15) is 14.4 Å². The molecule has 2 heterocycles. The normalized spacial score (nSPS) is 13.6. The van der Waals surface area contributed by atoms with Crippen LogP contribution in [0.4, 0.5) is 0 Å². The highest BCUT2D eigenvalue weighted by molar-refractivity contribution is 5.94. The zero-order chi connectivity index (χ0) is 19.5. The highest BCUT2D eigenvalue weighted by Crippen LogP contribution is 2.14. The molecular formula is C22H20N2O4. The smallest absolute Gasteiger partial charge is 0.287 e. The van der Waals surface area contributed by atoms with Crippen molar-refractivity contribution in [2.24, 2.45) is 0 Å². The van der Waals surface area contributed by atoms with E-state index < -0.39 is 5.91 Å². The van der Waals surface area contributed by atoms with Crippen molar-refractivity contribution in [2.75, 3.05) is 13.1 Å². The minimum atomic E-state index is -0.458. The lowest BCUT2D eigenvalue weighted by Crippen LogP contribution is -2.27. The summed E-state index contributed by atoms with van der Waals surface area (Å²) in [5.41, 5.74) is 1.63. The maximum atomic E-state index is 12.4. The maximum Gasteiger partial charge on any atom is 0.287 e. The van der Waals surface area contributed by atoms with E-state index in [1.165, 1.54) is 6.07 Å². The van der Waals surface area contributed by atoms with Gasteiger partial charge >= 0.3 is 0 Å². The van der Waals surface area contributed by atoms with Crippen LogP contribution in [-0.2, 0) is 6.54 Å². The Morgan fingerprint density at radius 3 is 2.46 bits per heavy atom.